The molecule has 0 fully saturated rings. The van der Waals surface area contributed by atoms with Gasteiger partial charge in [-0.2, -0.15) is 0 Å². The van der Waals surface area contributed by atoms with Crippen LogP contribution in [0.5, 0.6) is 0 Å². The first-order valence-electron chi connectivity index (χ1n) is 4.71. The number of rotatable bonds is 3. The quantitative estimate of drug-likeness (QED) is 0.882. The highest BCUT2D eigenvalue weighted by Crippen LogP contribution is 2.28. The van der Waals surface area contributed by atoms with E-state index in [0.29, 0.717) is 5.92 Å². The summed E-state index contributed by atoms with van der Waals surface area (Å²) in [6, 6.07) is 5.88. The molecule has 78 valence electrons. The Hall–Kier alpha value is -0.0500. The van der Waals surface area contributed by atoms with E-state index in [0.717, 1.165) is 21.5 Å². The molecular formula is C11H15BrClN. The molecular weight excluding hydrogens is 261 g/mol. The van der Waals surface area contributed by atoms with Crippen LogP contribution in [0.15, 0.2) is 22.7 Å². The Bertz CT molecular complexity index is 312. The standard InChI is InChI=1S/C11H15BrClN/c1-7(2)5-11(14)9-4-3-8(12)6-10(9)13/h3-4,6-7,11H,5,14H2,1-2H3/t11-/m1/s1. The van der Waals surface area contributed by atoms with Gasteiger partial charge < -0.3 is 5.73 Å². The molecule has 0 bridgehead atoms. The van der Waals surface area contributed by atoms with Gasteiger partial charge in [-0.25, -0.2) is 0 Å². The fourth-order valence-electron chi connectivity index (χ4n) is 1.44. The van der Waals surface area contributed by atoms with E-state index in [1.807, 2.05) is 18.2 Å². The number of hydrogen-bond acceptors (Lipinski definition) is 1. The van der Waals surface area contributed by atoms with Gasteiger partial charge in [0, 0.05) is 15.5 Å². The molecule has 0 unspecified atom stereocenters. The minimum atomic E-state index is 0.0376. The molecule has 0 aromatic heterocycles. The lowest BCUT2D eigenvalue weighted by molar-refractivity contribution is 0.510. The van der Waals surface area contributed by atoms with E-state index in [4.69, 9.17) is 17.3 Å². The maximum atomic E-state index is 6.10. The van der Waals surface area contributed by atoms with Crippen LogP contribution in [0.1, 0.15) is 31.9 Å². The molecule has 1 nitrogen and oxygen atoms in total. The summed E-state index contributed by atoms with van der Waals surface area (Å²) in [6.45, 7) is 4.32. The summed E-state index contributed by atoms with van der Waals surface area (Å²) in [5.41, 5.74) is 7.08. The van der Waals surface area contributed by atoms with Gasteiger partial charge in [-0.1, -0.05) is 47.4 Å². The second kappa shape index (κ2) is 5.15. The SMILES string of the molecule is CC(C)C[C@@H](N)c1ccc(Br)cc1Cl. The summed E-state index contributed by atoms with van der Waals surface area (Å²) in [4.78, 5) is 0. The molecule has 1 aromatic rings. The first kappa shape index (κ1) is 12.0. The number of halogens is 2. The second-order valence-electron chi connectivity index (χ2n) is 3.90. The van der Waals surface area contributed by atoms with Crippen molar-refractivity contribution in [1.82, 2.24) is 0 Å². The highest BCUT2D eigenvalue weighted by Gasteiger charge is 2.11. The van der Waals surface area contributed by atoms with E-state index < -0.39 is 0 Å². The minimum Gasteiger partial charge on any atom is -0.324 e. The zero-order valence-corrected chi connectivity index (χ0v) is 10.8. The third kappa shape index (κ3) is 3.26. The summed E-state index contributed by atoms with van der Waals surface area (Å²) in [5.74, 6) is 0.588. The maximum Gasteiger partial charge on any atom is 0.0464 e. The van der Waals surface area contributed by atoms with Crippen molar-refractivity contribution >= 4 is 27.5 Å². The van der Waals surface area contributed by atoms with Crippen LogP contribution in [-0.4, -0.2) is 0 Å². The molecule has 2 N–H and O–H groups in total. The predicted octanol–water partition coefficient (Wildman–Crippen LogP) is 4.15. The second-order valence-corrected chi connectivity index (χ2v) is 5.22. The highest BCUT2D eigenvalue weighted by atomic mass is 79.9. The Morgan fingerprint density at radius 3 is 2.57 bits per heavy atom. The Labute approximate surface area is 98.8 Å². The fraction of sp³-hybridized carbons (Fsp3) is 0.455. The predicted molar refractivity (Wildman–Crippen MR) is 65.5 cm³/mol. The van der Waals surface area contributed by atoms with Crippen LogP contribution in [0.3, 0.4) is 0 Å². The lowest BCUT2D eigenvalue weighted by Crippen LogP contribution is -2.13. The molecule has 0 spiro atoms. The van der Waals surface area contributed by atoms with E-state index in [2.05, 4.69) is 29.8 Å². The summed E-state index contributed by atoms with van der Waals surface area (Å²) in [7, 11) is 0. The highest BCUT2D eigenvalue weighted by molar-refractivity contribution is 9.10. The molecule has 0 aliphatic carbocycles. The van der Waals surface area contributed by atoms with Crippen molar-refractivity contribution < 1.29 is 0 Å². The van der Waals surface area contributed by atoms with Crippen molar-refractivity contribution in [3.63, 3.8) is 0 Å². The smallest absolute Gasteiger partial charge is 0.0464 e. The molecule has 1 atom stereocenters. The first-order chi connectivity index (χ1) is 6.50. The van der Waals surface area contributed by atoms with Crippen LogP contribution in [-0.2, 0) is 0 Å². The molecule has 0 radical (unpaired) electrons. The van der Waals surface area contributed by atoms with Gasteiger partial charge in [-0.15, -0.1) is 0 Å². The van der Waals surface area contributed by atoms with Crippen molar-refractivity contribution in [3.05, 3.63) is 33.3 Å². The van der Waals surface area contributed by atoms with Gasteiger partial charge in [0.15, 0.2) is 0 Å². The average molecular weight is 277 g/mol. The van der Waals surface area contributed by atoms with Crippen LogP contribution >= 0.6 is 27.5 Å². The van der Waals surface area contributed by atoms with Gasteiger partial charge in [-0.05, 0) is 30.0 Å². The average Bonchev–Trinajstić information content (AvgIpc) is 2.01. The van der Waals surface area contributed by atoms with Crippen LogP contribution in [0.25, 0.3) is 0 Å². The molecule has 0 amide bonds. The molecule has 0 saturated carbocycles. The molecule has 3 heteroatoms. The molecule has 1 aromatic carbocycles. The van der Waals surface area contributed by atoms with Gasteiger partial charge in [0.25, 0.3) is 0 Å². The largest absolute Gasteiger partial charge is 0.324 e. The van der Waals surface area contributed by atoms with E-state index in [1.165, 1.54) is 0 Å². The van der Waals surface area contributed by atoms with Crippen molar-refractivity contribution in [3.8, 4) is 0 Å². The summed E-state index contributed by atoms with van der Waals surface area (Å²) in [6.07, 6.45) is 0.960. The van der Waals surface area contributed by atoms with Crippen LogP contribution in [0.2, 0.25) is 5.02 Å². The van der Waals surface area contributed by atoms with Crippen molar-refractivity contribution in [2.45, 2.75) is 26.3 Å². The molecule has 1 rings (SSSR count). The van der Waals surface area contributed by atoms with E-state index in [1.54, 1.807) is 0 Å². The third-order valence-electron chi connectivity index (χ3n) is 2.09. The zero-order chi connectivity index (χ0) is 10.7. The van der Waals surface area contributed by atoms with E-state index >= 15 is 0 Å². The lowest BCUT2D eigenvalue weighted by atomic mass is 9.98. The maximum absolute atomic E-state index is 6.10. The molecule has 0 aliphatic rings. The third-order valence-corrected chi connectivity index (χ3v) is 2.91. The van der Waals surface area contributed by atoms with Crippen LogP contribution in [0, 0.1) is 5.92 Å². The summed E-state index contributed by atoms with van der Waals surface area (Å²) < 4.78 is 0.989. The Morgan fingerprint density at radius 2 is 2.07 bits per heavy atom. The number of nitrogens with two attached hydrogens (primary N) is 1. The van der Waals surface area contributed by atoms with Crippen LogP contribution in [0.4, 0.5) is 0 Å². The lowest BCUT2D eigenvalue weighted by Gasteiger charge is -2.15. The van der Waals surface area contributed by atoms with E-state index in [9.17, 15) is 0 Å². The van der Waals surface area contributed by atoms with Crippen LogP contribution < -0.4 is 5.73 Å². The van der Waals surface area contributed by atoms with Gasteiger partial charge in [0.1, 0.15) is 0 Å². The van der Waals surface area contributed by atoms with Crippen molar-refractivity contribution in [1.29, 1.82) is 0 Å². The monoisotopic (exact) mass is 275 g/mol. The van der Waals surface area contributed by atoms with E-state index in [-0.39, 0.29) is 6.04 Å². The number of benzene rings is 1. The molecule has 0 heterocycles. The number of hydrogen-bond donors (Lipinski definition) is 1. The summed E-state index contributed by atoms with van der Waals surface area (Å²) in [5, 5.41) is 0.743. The zero-order valence-electron chi connectivity index (χ0n) is 8.43. The minimum absolute atomic E-state index is 0.0376. The Morgan fingerprint density at radius 1 is 1.43 bits per heavy atom. The van der Waals surface area contributed by atoms with Gasteiger partial charge in [-0.3, -0.25) is 0 Å². The van der Waals surface area contributed by atoms with Gasteiger partial charge >= 0.3 is 0 Å². The molecule has 0 saturated heterocycles. The first-order valence-corrected chi connectivity index (χ1v) is 5.88. The molecule has 14 heavy (non-hydrogen) atoms. The van der Waals surface area contributed by atoms with Crippen molar-refractivity contribution in [2.24, 2.45) is 11.7 Å². The van der Waals surface area contributed by atoms with Gasteiger partial charge in [0.05, 0.1) is 0 Å². The molecule has 0 aliphatic heterocycles. The Balaban J connectivity index is 2.84. The Kier molecular flexibility index (Phi) is 4.42. The summed E-state index contributed by atoms with van der Waals surface area (Å²) >= 11 is 9.47. The fourth-order valence-corrected chi connectivity index (χ4v) is 2.25. The van der Waals surface area contributed by atoms with Crippen molar-refractivity contribution in [2.75, 3.05) is 0 Å². The topological polar surface area (TPSA) is 26.0 Å². The normalized spacial score (nSPS) is 13.3. The van der Waals surface area contributed by atoms with Gasteiger partial charge in [0.2, 0.25) is 0 Å².